The molecule has 1 aromatic rings. The lowest BCUT2D eigenvalue weighted by molar-refractivity contribution is -1.15. The summed E-state index contributed by atoms with van der Waals surface area (Å²) in [4.78, 5) is 40.6. The number of quaternary nitrogens is 2. The van der Waals surface area contributed by atoms with Crippen molar-refractivity contribution in [3.05, 3.63) is 35.4 Å². The Kier molecular flexibility index (Phi) is 7.92. The SMILES string of the molecule is COc1ccc(C=C(C(=O)O[N+]2(C)C(C)(C)CCCC2(C)C)C(=O)O[N+]2(C)C(C)(C)CCCC2(C)C)cc1. The molecule has 2 fully saturated rings. The summed E-state index contributed by atoms with van der Waals surface area (Å²) in [5, 5.41) is 0. The molecule has 3 rings (SSSR count). The summed E-state index contributed by atoms with van der Waals surface area (Å²) in [6.45, 7) is 17.0. The molecule has 1 aromatic carbocycles. The van der Waals surface area contributed by atoms with Crippen LogP contribution in [0, 0.1) is 0 Å². The van der Waals surface area contributed by atoms with Gasteiger partial charge in [-0.3, -0.25) is 9.68 Å². The Balaban J connectivity index is 2.06. The average Bonchev–Trinajstić information content (AvgIpc) is 2.80. The molecule has 0 amide bonds. The van der Waals surface area contributed by atoms with Gasteiger partial charge in [-0.15, -0.1) is 9.29 Å². The molecule has 0 aromatic heterocycles. The van der Waals surface area contributed by atoms with E-state index in [1.165, 1.54) is 0 Å². The highest BCUT2D eigenvalue weighted by molar-refractivity contribution is 6.17. The van der Waals surface area contributed by atoms with E-state index in [0.29, 0.717) is 11.3 Å². The van der Waals surface area contributed by atoms with Gasteiger partial charge in [0.1, 0.15) is 42.0 Å². The predicted molar refractivity (Wildman–Crippen MR) is 150 cm³/mol. The number of ether oxygens (including phenoxy) is 1. The van der Waals surface area contributed by atoms with Crippen LogP contribution in [0.4, 0.5) is 0 Å². The third kappa shape index (κ3) is 5.12. The Morgan fingerprint density at radius 2 is 1.03 bits per heavy atom. The molecule has 0 N–H and O–H groups in total. The second kappa shape index (κ2) is 9.98. The van der Waals surface area contributed by atoms with Crippen LogP contribution in [0.15, 0.2) is 29.8 Å². The van der Waals surface area contributed by atoms with Gasteiger partial charge in [-0.1, -0.05) is 12.1 Å². The molecule has 2 heterocycles. The maximum absolute atomic E-state index is 14.0. The van der Waals surface area contributed by atoms with Gasteiger partial charge in [0.25, 0.3) is 0 Å². The summed E-state index contributed by atoms with van der Waals surface area (Å²) in [6, 6.07) is 7.23. The number of hydrogen-bond donors (Lipinski definition) is 0. The minimum atomic E-state index is -0.671. The summed E-state index contributed by atoms with van der Waals surface area (Å²) < 4.78 is 5.44. The third-order valence-electron chi connectivity index (χ3n) is 10.2. The number of piperidine rings is 2. The smallest absolute Gasteiger partial charge is 0.405 e. The molecule has 0 aliphatic carbocycles. The molecular weight excluding hydrogens is 480 g/mol. The van der Waals surface area contributed by atoms with E-state index < -0.39 is 11.9 Å². The van der Waals surface area contributed by atoms with Gasteiger partial charge in [0.15, 0.2) is 5.57 Å². The van der Waals surface area contributed by atoms with E-state index in [1.54, 1.807) is 25.3 Å². The molecule has 2 aliphatic heterocycles. The fourth-order valence-electron chi connectivity index (χ4n) is 6.39. The van der Waals surface area contributed by atoms with Gasteiger partial charge in [-0.2, -0.15) is 0 Å². The van der Waals surface area contributed by atoms with E-state index in [9.17, 15) is 9.59 Å². The van der Waals surface area contributed by atoms with E-state index in [2.05, 4.69) is 55.4 Å². The highest BCUT2D eigenvalue weighted by atomic mass is 16.8. The number of benzene rings is 1. The first kappa shape index (κ1) is 30.2. The summed E-state index contributed by atoms with van der Waals surface area (Å²) in [7, 11) is 5.51. The molecule has 7 nitrogen and oxygen atoms in total. The number of rotatable bonds is 6. The molecule has 0 atom stereocenters. The van der Waals surface area contributed by atoms with E-state index in [-0.39, 0.29) is 37.0 Å². The lowest BCUT2D eigenvalue weighted by atomic mass is 9.79. The van der Waals surface area contributed by atoms with Gasteiger partial charge in [0.2, 0.25) is 0 Å². The fraction of sp³-hybridized carbons (Fsp3) is 0.677. The van der Waals surface area contributed by atoms with Crippen molar-refractivity contribution in [3.63, 3.8) is 0 Å². The van der Waals surface area contributed by atoms with Crippen molar-refractivity contribution in [2.45, 2.75) is 116 Å². The zero-order valence-electron chi connectivity index (χ0n) is 25.6. The van der Waals surface area contributed by atoms with Gasteiger partial charge in [0, 0.05) is 25.7 Å². The third-order valence-corrected chi connectivity index (χ3v) is 10.2. The van der Waals surface area contributed by atoms with E-state index in [0.717, 1.165) is 38.5 Å². The number of hydroxylamine groups is 6. The fourth-order valence-corrected chi connectivity index (χ4v) is 6.39. The maximum Gasteiger partial charge on any atom is 0.405 e. The molecule has 0 spiro atoms. The molecule has 7 heteroatoms. The van der Waals surface area contributed by atoms with Gasteiger partial charge >= 0.3 is 11.9 Å². The number of likely N-dealkylation sites (tertiary alicyclic amines) is 2. The van der Waals surface area contributed by atoms with Crippen LogP contribution in [0.1, 0.15) is 99.5 Å². The maximum atomic E-state index is 14.0. The van der Waals surface area contributed by atoms with Gasteiger partial charge in [-0.25, -0.2) is 9.59 Å². The van der Waals surface area contributed by atoms with Crippen molar-refractivity contribution in [1.29, 1.82) is 0 Å². The van der Waals surface area contributed by atoms with Crippen molar-refractivity contribution in [2.75, 3.05) is 21.2 Å². The molecule has 212 valence electrons. The first-order valence-electron chi connectivity index (χ1n) is 13.9. The van der Waals surface area contributed by atoms with Crippen molar-refractivity contribution in [1.82, 2.24) is 0 Å². The van der Waals surface area contributed by atoms with Crippen LogP contribution in [0.5, 0.6) is 5.75 Å². The largest absolute Gasteiger partial charge is 0.497 e. The van der Waals surface area contributed by atoms with Crippen LogP contribution in [0.2, 0.25) is 0 Å². The van der Waals surface area contributed by atoms with Crippen molar-refractivity contribution < 1.29 is 33.3 Å². The summed E-state index contributed by atoms with van der Waals surface area (Å²) in [5.74, 6) is -0.648. The van der Waals surface area contributed by atoms with Crippen molar-refractivity contribution in [2.24, 2.45) is 0 Å². The van der Waals surface area contributed by atoms with Crippen LogP contribution in [0.3, 0.4) is 0 Å². The van der Waals surface area contributed by atoms with Gasteiger partial charge in [-0.05, 0) is 92.0 Å². The number of nitrogens with zero attached hydrogens (tertiary/aromatic N) is 2. The van der Waals surface area contributed by atoms with Crippen molar-refractivity contribution in [3.8, 4) is 5.75 Å². The number of hydrogen-bond acceptors (Lipinski definition) is 5. The van der Waals surface area contributed by atoms with E-state index in [1.807, 2.05) is 26.2 Å². The zero-order valence-corrected chi connectivity index (χ0v) is 25.6. The summed E-state index contributed by atoms with van der Waals surface area (Å²) >= 11 is 0. The Morgan fingerprint density at radius 3 is 1.34 bits per heavy atom. The molecule has 2 aliphatic rings. The highest BCUT2D eigenvalue weighted by Gasteiger charge is 2.60. The van der Waals surface area contributed by atoms with Crippen LogP contribution < -0.4 is 4.74 Å². The van der Waals surface area contributed by atoms with Crippen LogP contribution in [0.25, 0.3) is 6.08 Å². The van der Waals surface area contributed by atoms with Crippen LogP contribution in [-0.4, -0.2) is 64.6 Å². The Morgan fingerprint density at radius 1 is 0.684 bits per heavy atom. The molecular formula is C31H50N2O5+2. The second-order valence-electron chi connectivity index (χ2n) is 13.9. The van der Waals surface area contributed by atoms with Crippen LogP contribution >= 0.6 is 0 Å². The number of carbonyl (C=O) groups is 2. The standard InChI is InChI=1S/C31H50N2O5/c1-28(2)18-12-19-29(3,4)32(28,9)37-26(34)25(22-23-14-16-24(36-11)17-15-23)27(35)38-33(10)30(5,6)20-13-21-31(33,7)8/h14-17,22H,12-13,18-21H2,1-11H3/q+2. The molecule has 0 unspecified atom stereocenters. The average molecular weight is 531 g/mol. The minimum absolute atomic E-state index is 0.0785. The quantitative estimate of drug-likeness (QED) is 0.185. The molecule has 0 radical (unpaired) electrons. The number of methoxy groups -OCH3 is 1. The Labute approximate surface area is 229 Å². The lowest BCUT2D eigenvalue weighted by Crippen LogP contribution is -2.72. The lowest BCUT2D eigenvalue weighted by Gasteiger charge is -2.56. The summed E-state index contributed by atoms with van der Waals surface area (Å²) in [5.41, 5.74) is -0.689. The molecule has 38 heavy (non-hydrogen) atoms. The first-order valence-corrected chi connectivity index (χ1v) is 13.9. The normalized spacial score (nSPS) is 24.0. The van der Waals surface area contributed by atoms with Crippen LogP contribution in [-0.2, 0) is 19.3 Å². The highest BCUT2D eigenvalue weighted by Crippen LogP contribution is 2.46. The van der Waals surface area contributed by atoms with Crippen molar-refractivity contribution >= 4 is 18.0 Å². The monoisotopic (exact) mass is 530 g/mol. The van der Waals surface area contributed by atoms with Gasteiger partial charge in [0.05, 0.1) is 7.11 Å². The first-order chi connectivity index (χ1) is 17.3. The second-order valence-corrected chi connectivity index (χ2v) is 13.9. The van der Waals surface area contributed by atoms with E-state index >= 15 is 0 Å². The molecule has 0 saturated carbocycles. The summed E-state index contributed by atoms with van der Waals surface area (Å²) in [6.07, 6.45) is 7.36. The Bertz CT molecular complexity index is 990. The van der Waals surface area contributed by atoms with Gasteiger partial charge < -0.3 is 4.74 Å². The Hall–Kier alpha value is -2.38. The topological polar surface area (TPSA) is 61.8 Å². The molecule has 2 saturated heterocycles. The predicted octanol–water partition coefficient (Wildman–Crippen LogP) is 6.37. The molecule has 0 bridgehead atoms. The van der Waals surface area contributed by atoms with E-state index in [4.69, 9.17) is 14.4 Å². The zero-order chi connectivity index (χ0) is 28.8. The number of carbonyl (C=O) groups excluding carboxylic acids is 2. The minimum Gasteiger partial charge on any atom is -0.497 e.